The van der Waals surface area contributed by atoms with Crippen molar-refractivity contribution in [2.75, 3.05) is 19.8 Å². The maximum Gasteiger partial charge on any atom is 0.388 e. The van der Waals surface area contributed by atoms with Crippen LogP contribution in [0.25, 0.3) is 11.0 Å². The topological polar surface area (TPSA) is 176 Å². The number of para-hydroxylation sites is 2. The number of aliphatic hydroxyl groups is 1. The molecule has 15 heteroatoms. The average Bonchev–Trinajstić information content (AvgIpc) is 3.42. The Morgan fingerprint density at radius 1 is 1.17 bits per heavy atom. The maximum absolute atomic E-state index is 13.1. The molecular formula is C31H33N5O9S. The lowest BCUT2D eigenvalue weighted by Gasteiger charge is -2.26. The molecule has 0 saturated heterocycles. The number of nitro benzene ring substituents is 1. The first kappa shape index (κ1) is 32.5. The number of hydrogen-bond donors (Lipinski definition) is 1. The Balaban J connectivity index is 1.44. The fourth-order valence-electron chi connectivity index (χ4n) is 5.35. The van der Waals surface area contributed by atoms with Crippen molar-refractivity contribution in [3.05, 3.63) is 105 Å². The first-order chi connectivity index (χ1) is 22.0. The molecule has 1 aromatic heterocycles. The van der Waals surface area contributed by atoms with Gasteiger partial charge in [-0.2, -0.15) is 12.7 Å². The number of esters is 1. The van der Waals surface area contributed by atoms with Crippen LogP contribution in [0.2, 0.25) is 0 Å². The lowest BCUT2D eigenvalue weighted by Crippen LogP contribution is -2.36. The summed E-state index contributed by atoms with van der Waals surface area (Å²) in [7, 11) is -4.33. The van der Waals surface area contributed by atoms with Crippen molar-refractivity contribution >= 4 is 33.0 Å². The predicted molar refractivity (Wildman–Crippen MR) is 166 cm³/mol. The third-order valence-corrected chi connectivity index (χ3v) is 8.99. The summed E-state index contributed by atoms with van der Waals surface area (Å²) in [6, 6.07) is 15.0. The largest absolute Gasteiger partial charge is 0.466 e. The highest BCUT2D eigenvalue weighted by Gasteiger charge is 2.32. The van der Waals surface area contributed by atoms with Crippen LogP contribution in [0.15, 0.2) is 66.6 Å². The minimum absolute atomic E-state index is 0.0354. The van der Waals surface area contributed by atoms with Crippen LogP contribution in [0.3, 0.4) is 0 Å². The Morgan fingerprint density at radius 3 is 2.67 bits per heavy atom. The third-order valence-electron chi connectivity index (χ3n) is 7.71. The summed E-state index contributed by atoms with van der Waals surface area (Å²) in [5.41, 5.74) is 4.99. The number of carbonyl (C=O) groups excluding carboxylic acids is 1. The molecule has 1 atom stereocenters. The lowest BCUT2D eigenvalue weighted by atomic mass is 9.84. The molecule has 1 N–H and O–H groups in total. The van der Waals surface area contributed by atoms with Gasteiger partial charge >= 0.3 is 27.9 Å². The van der Waals surface area contributed by atoms with Crippen LogP contribution in [0.1, 0.15) is 47.1 Å². The number of nitro groups is 1. The van der Waals surface area contributed by atoms with Crippen molar-refractivity contribution in [2.45, 2.75) is 46.2 Å². The van der Waals surface area contributed by atoms with Gasteiger partial charge in [0.15, 0.2) is 0 Å². The van der Waals surface area contributed by atoms with Crippen molar-refractivity contribution in [1.29, 1.82) is 0 Å². The van der Waals surface area contributed by atoms with Gasteiger partial charge in [-0.25, -0.2) is 4.68 Å². The van der Waals surface area contributed by atoms with E-state index < -0.39 is 21.1 Å². The highest BCUT2D eigenvalue weighted by Crippen LogP contribution is 2.35. The van der Waals surface area contributed by atoms with Gasteiger partial charge in [-0.15, -0.1) is 5.10 Å². The van der Waals surface area contributed by atoms with Gasteiger partial charge < -0.3 is 18.8 Å². The Kier molecular flexibility index (Phi) is 9.65. The van der Waals surface area contributed by atoms with Gasteiger partial charge in [-0.1, -0.05) is 41.6 Å². The van der Waals surface area contributed by atoms with E-state index in [9.17, 15) is 28.4 Å². The zero-order valence-electron chi connectivity index (χ0n) is 25.5. The second kappa shape index (κ2) is 13.6. The molecule has 242 valence electrons. The van der Waals surface area contributed by atoms with Gasteiger partial charge in [0.05, 0.1) is 36.6 Å². The second-order valence-corrected chi connectivity index (χ2v) is 12.2. The van der Waals surface area contributed by atoms with E-state index in [0.29, 0.717) is 17.6 Å². The summed E-state index contributed by atoms with van der Waals surface area (Å²) in [5.74, 6) is -1.36. The molecule has 46 heavy (non-hydrogen) atoms. The standard InChI is InChI=1S/C31H33N5O9S/c1-4-43-29(38)18-25(24-11-12-27-31(21(24)3)32-33-35(27)15-16-37)22-10-9-20(2)23(17-22)19-34-14-13-30(45-46(34,41)42)44-28-8-6-5-7-26(28)36(39)40/h5-13,17,25,37H,4,14-16,18-19H2,1-3H3. The Hall–Kier alpha value is -4.86. The fourth-order valence-corrected chi connectivity index (χ4v) is 6.32. The van der Waals surface area contributed by atoms with Crippen LogP contribution in [0, 0.1) is 24.0 Å². The van der Waals surface area contributed by atoms with Gasteiger partial charge in [0, 0.05) is 31.1 Å². The van der Waals surface area contributed by atoms with Gasteiger partial charge in [0.1, 0.15) is 5.52 Å². The number of rotatable bonds is 12. The minimum Gasteiger partial charge on any atom is -0.466 e. The normalized spacial score (nSPS) is 15.2. The molecule has 0 aliphatic carbocycles. The van der Waals surface area contributed by atoms with Gasteiger partial charge in [0.2, 0.25) is 5.75 Å². The molecule has 3 aromatic carbocycles. The monoisotopic (exact) mass is 651 g/mol. The van der Waals surface area contributed by atoms with Crippen molar-refractivity contribution in [3.63, 3.8) is 0 Å². The molecule has 5 rings (SSSR count). The molecule has 0 fully saturated rings. The molecule has 0 bridgehead atoms. The predicted octanol–water partition coefficient (Wildman–Crippen LogP) is 4.03. The second-order valence-electron chi connectivity index (χ2n) is 10.6. The van der Waals surface area contributed by atoms with Crippen LogP contribution in [-0.4, -0.2) is 63.5 Å². The first-order valence-electron chi connectivity index (χ1n) is 14.5. The molecule has 1 aliphatic rings. The summed E-state index contributed by atoms with van der Waals surface area (Å²) in [4.78, 5) is 23.5. The first-order valence-corrected chi connectivity index (χ1v) is 15.9. The van der Waals surface area contributed by atoms with Crippen molar-refractivity contribution in [2.24, 2.45) is 0 Å². The van der Waals surface area contributed by atoms with E-state index in [-0.39, 0.29) is 56.1 Å². The van der Waals surface area contributed by atoms with E-state index in [1.165, 1.54) is 30.3 Å². The van der Waals surface area contributed by atoms with Gasteiger partial charge in [-0.05, 0) is 60.7 Å². The van der Waals surface area contributed by atoms with Crippen LogP contribution in [0.4, 0.5) is 5.69 Å². The summed E-state index contributed by atoms with van der Waals surface area (Å²) in [6.45, 7) is 5.77. The maximum atomic E-state index is 13.1. The molecular weight excluding hydrogens is 618 g/mol. The molecule has 2 heterocycles. The van der Waals surface area contributed by atoms with Gasteiger partial charge in [0.25, 0.3) is 0 Å². The quantitative estimate of drug-likeness (QED) is 0.133. The molecule has 0 spiro atoms. The van der Waals surface area contributed by atoms with Crippen molar-refractivity contribution in [1.82, 2.24) is 19.3 Å². The van der Waals surface area contributed by atoms with Crippen molar-refractivity contribution < 1.29 is 36.9 Å². The number of ether oxygens (including phenoxy) is 2. The van der Waals surface area contributed by atoms with Crippen LogP contribution < -0.4 is 4.74 Å². The van der Waals surface area contributed by atoms with E-state index >= 15 is 0 Å². The molecule has 1 unspecified atom stereocenters. The van der Waals surface area contributed by atoms with E-state index in [1.807, 2.05) is 44.2 Å². The Labute approximate surface area is 265 Å². The third kappa shape index (κ3) is 6.85. The zero-order valence-corrected chi connectivity index (χ0v) is 26.3. The number of carbonyl (C=O) groups is 1. The molecule has 0 saturated carbocycles. The lowest BCUT2D eigenvalue weighted by molar-refractivity contribution is -0.385. The molecule has 1 aliphatic heterocycles. The molecule has 0 radical (unpaired) electrons. The number of nitrogens with zero attached hydrogens (tertiary/aromatic N) is 5. The van der Waals surface area contributed by atoms with E-state index in [1.54, 1.807) is 11.6 Å². The van der Waals surface area contributed by atoms with Crippen molar-refractivity contribution in [3.8, 4) is 5.75 Å². The Morgan fingerprint density at radius 2 is 1.96 bits per heavy atom. The summed E-state index contributed by atoms with van der Waals surface area (Å²) < 4.78 is 44.9. The van der Waals surface area contributed by atoms with Crippen LogP contribution in [0.5, 0.6) is 5.75 Å². The average molecular weight is 652 g/mol. The van der Waals surface area contributed by atoms with E-state index in [0.717, 1.165) is 32.1 Å². The van der Waals surface area contributed by atoms with E-state index in [4.69, 9.17) is 13.7 Å². The molecule has 4 aromatic rings. The minimum atomic E-state index is -4.33. The molecule has 14 nitrogen and oxygen atoms in total. The number of fused-ring (bicyclic) bond motifs is 1. The number of benzene rings is 3. The summed E-state index contributed by atoms with van der Waals surface area (Å²) in [5, 5.41) is 29.2. The highest BCUT2D eigenvalue weighted by atomic mass is 32.2. The zero-order chi connectivity index (χ0) is 33.0. The van der Waals surface area contributed by atoms with Gasteiger partial charge in [-0.3, -0.25) is 14.9 Å². The molecule has 0 amide bonds. The van der Waals surface area contributed by atoms with E-state index in [2.05, 4.69) is 10.3 Å². The number of hydrogen-bond acceptors (Lipinski definition) is 11. The fraction of sp³-hybridized carbons (Fsp3) is 0.323. The highest BCUT2D eigenvalue weighted by molar-refractivity contribution is 7.84. The number of aromatic nitrogens is 3. The summed E-state index contributed by atoms with van der Waals surface area (Å²) >= 11 is 0. The SMILES string of the molecule is CCOC(=O)CC(c1ccc(C)c(CN2CC=C(Oc3ccccc3[N+](=O)[O-])OS2(=O)=O)c1)c1ccc2c(nnn2CCO)c1C. The number of aryl methyl sites for hydroxylation is 2. The van der Waals surface area contributed by atoms with Crippen LogP contribution >= 0.6 is 0 Å². The number of aliphatic hydroxyl groups excluding tert-OH is 1. The summed E-state index contributed by atoms with van der Waals surface area (Å²) in [6.07, 6.45) is 1.43. The smallest absolute Gasteiger partial charge is 0.388 e. The Bertz CT molecular complexity index is 1920. The van der Waals surface area contributed by atoms with Crippen LogP contribution in [-0.2, 0) is 37.1 Å².